The third-order valence-corrected chi connectivity index (χ3v) is 4.38. The summed E-state index contributed by atoms with van der Waals surface area (Å²) >= 11 is 5.95. The molecule has 10 heteroatoms. The first-order chi connectivity index (χ1) is 13.7. The molecule has 2 aromatic carbocycles. The topological polar surface area (TPSA) is 88.9 Å². The van der Waals surface area contributed by atoms with Crippen LogP contribution in [-0.2, 0) is 11.3 Å². The van der Waals surface area contributed by atoms with Crippen molar-refractivity contribution in [3.63, 3.8) is 0 Å². The van der Waals surface area contributed by atoms with E-state index in [2.05, 4.69) is 20.9 Å². The molecule has 2 N–H and O–H groups in total. The number of nitrogens with one attached hydrogen (secondary N) is 2. The van der Waals surface area contributed by atoms with E-state index in [0.717, 1.165) is 17.7 Å². The van der Waals surface area contributed by atoms with Crippen molar-refractivity contribution in [2.24, 2.45) is 0 Å². The lowest BCUT2D eigenvalue weighted by molar-refractivity contribution is -0.117. The van der Waals surface area contributed by atoms with Gasteiger partial charge in [-0.1, -0.05) is 22.9 Å². The van der Waals surface area contributed by atoms with E-state index in [0.29, 0.717) is 22.5 Å². The van der Waals surface area contributed by atoms with Crippen molar-refractivity contribution in [2.75, 3.05) is 10.6 Å². The van der Waals surface area contributed by atoms with E-state index in [1.165, 1.54) is 4.68 Å². The van der Waals surface area contributed by atoms with Gasteiger partial charge in [-0.2, -0.15) is 0 Å². The summed E-state index contributed by atoms with van der Waals surface area (Å²) in [5.41, 5.74) is 1.56. The molecular formula is C19H16ClF2N5O2. The van der Waals surface area contributed by atoms with Crippen LogP contribution in [0.4, 0.5) is 20.2 Å². The van der Waals surface area contributed by atoms with Crippen molar-refractivity contribution in [1.29, 1.82) is 0 Å². The van der Waals surface area contributed by atoms with E-state index in [9.17, 15) is 18.4 Å². The predicted molar refractivity (Wildman–Crippen MR) is 104 cm³/mol. The Bertz CT molecular complexity index is 1100. The van der Waals surface area contributed by atoms with Crippen molar-refractivity contribution in [1.82, 2.24) is 15.0 Å². The van der Waals surface area contributed by atoms with Gasteiger partial charge in [-0.3, -0.25) is 9.59 Å². The monoisotopic (exact) mass is 419 g/mol. The number of halogens is 3. The highest BCUT2D eigenvalue weighted by molar-refractivity contribution is 6.31. The molecule has 0 radical (unpaired) electrons. The molecule has 0 aliphatic heterocycles. The Morgan fingerprint density at radius 2 is 1.83 bits per heavy atom. The SMILES string of the molecule is Cc1ccc(Cl)cc1NC(=O)c1nnn(CC(=O)Nc2ccc(F)cc2F)c1C. The number of rotatable bonds is 5. The molecule has 29 heavy (non-hydrogen) atoms. The molecule has 3 rings (SSSR count). The van der Waals surface area contributed by atoms with Gasteiger partial charge in [-0.25, -0.2) is 13.5 Å². The highest BCUT2D eigenvalue weighted by Gasteiger charge is 2.19. The minimum absolute atomic E-state index is 0.0325. The van der Waals surface area contributed by atoms with Crippen molar-refractivity contribution in [3.8, 4) is 0 Å². The second-order valence-electron chi connectivity index (χ2n) is 6.27. The van der Waals surface area contributed by atoms with Crippen LogP contribution in [0.5, 0.6) is 0 Å². The third-order valence-electron chi connectivity index (χ3n) is 4.14. The predicted octanol–water partition coefficient (Wildman–Crippen LogP) is 3.72. The zero-order valence-corrected chi connectivity index (χ0v) is 16.2. The molecule has 0 unspecified atom stereocenters. The van der Waals surface area contributed by atoms with Gasteiger partial charge in [-0.15, -0.1) is 5.10 Å². The molecule has 0 saturated carbocycles. The Morgan fingerprint density at radius 1 is 1.07 bits per heavy atom. The number of anilines is 2. The Morgan fingerprint density at radius 3 is 2.55 bits per heavy atom. The Kier molecular flexibility index (Phi) is 5.88. The molecule has 3 aromatic rings. The minimum Gasteiger partial charge on any atom is -0.322 e. The number of aryl methyl sites for hydroxylation is 1. The van der Waals surface area contributed by atoms with Gasteiger partial charge >= 0.3 is 0 Å². The highest BCUT2D eigenvalue weighted by atomic mass is 35.5. The number of aromatic nitrogens is 3. The molecule has 0 bridgehead atoms. The summed E-state index contributed by atoms with van der Waals surface area (Å²) in [7, 11) is 0. The Balaban J connectivity index is 1.70. The van der Waals surface area contributed by atoms with E-state index < -0.39 is 23.4 Å². The fourth-order valence-corrected chi connectivity index (χ4v) is 2.72. The third kappa shape index (κ3) is 4.75. The van der Waals surface area contributed by atoms with Gasteiger partial charge in [0.1, 0.15) is 18.2 Å². The largest absolute Gasteiger partial charge is 0.322 e. The van der Waals surface area contributed by atoms with E-state index >= 15 is 0 Å². The average molecular weight is 420 g/mol. The van der Waals surface area contributed by atoms with Crippen LogP contribution in [0.15, 0.2) is 36.4 Å². The maximum absolute atomic E-state index is 13.7. The quantitative estimate of drug-likeness (QED) is 0.659. The summed E-state index contributed by atoms with van der Waals surface area (Å²) in [6, 6.07) is 7.88. The zero-order chi connectivity index (χ0) is 21.1. The molecule has 0 spiro atoms. The van der Waals surface area contributed by atoms with Crippen molar-refractivity contribution < 1.29 is 18.4 Å². The minimum atomic E-state index is -0.898. The maximum atomic E-state index is 13.7. The summed E-state index contributed by atoms with van der Waals surface area (Å²) in [5, 5.41) is 13.1. The number of carbonyl (C=O) groups excluding carboxylic acids is 2. The van der Waals surface area contributed by atoms with Crippen LogP contribution in [-0.4, -0.2) is 26.8 Å². The number of amides is 2. The lowest BCUT2D eigenvalue weighted by atomic mass is 10.2. The van der Waals surface area contributed by atoms with Crippen LogP contribution in [0.2, 0.25) is 5.02 Å². The van der Waals surface area contributed by atoms with Gasteiger partial charge < -0.3 is 10.6 Å². The van der Waals surface area contributed by atoms with Crippen molar-refractivity contribution in [2.45, 2.75) is 20.4 Å². The van der Waals surface area contributed by atoms with Crippen molar-refractivity contribution >= 4 is 34.8 Å². The fourth-order valence-electron chi connectivity index (χ4n) is 2.55. The van der Waals surface area contributed by atoms with Crippen LogP contribution in [0, 0.1) is 25.5 Å². The molecule has 2 amide bonds. The lowest BCUT2D eigenvalue weighted by Gasteiger charge is -2.09. The number of hydrogen-bond donors (Lipinski definition) is 2. The standard InChI is InChI=1S/C19H16ClF2N5O2/c1-10-3-4-12(20)7-16(10)24-19(29)18-11(2)27(26-25-18)9-17(28)23-15-6-5-13(21)8-14(15)22/h3-8H,9H2,1-2H3,(H,23,28)(H,24,29). The molecule has 0 atom stereocenters. The van der Waals surface area contributed by atoms with Crippen LogP contribution >= 0.6 is 11.6 Å². The average Bonchev–Trinajstić information content (AvgIpc) is 3.01. The maximum Gasteiger partial charge on any atom is 0.278 e. The van der Waals surface area contributed by atoms with Gasteiger partial charge in [0.25, 0.3) is 5.91 Å². The molecule has 0 aliphatic rings. The van der Waals surface area contributed by atoms with E-state index in [4.69, 9.17) is 11.6 Å². The summed E-state index contributed by atoms with van der Waals surface area (Å²) in [6.45, 7) is 3.08. The molecular weight excluding hydrogens is 404 g/mol. The molecule has 0 fully saturated rings. The highest BCUT2D eigenvalue weighted by Crippen LogP contribution is 2.21. The first-order valence-corrected chi connectivity index (χ1v) is 8.85. The number of benzene rings is 2. The molecule has 1 heterocycles. The van der Waals surface area contributed by atoms with E-state index in [1.807, 2.05) is 6.92 Å². The normalized spacial score (nSPS) is 10.7. The van der Waals surface area contributed by atoms with Crippen LogP contribution in [0.3, 0.4) is 0 Å². The number of carbonyl (C=O) groups is 2. The molecule has 150 valence electrons. The first-order valence-electron chi connectivity index (χ1n) is 8.47. The summed E-state index contributed by atoms with van der Waals surface area (Å²) in [4.78, 5) is 24.7. The molecule has 0 aliphatic carbocycles. The second-order valence-corrected chi connectivity index (χ2v) is 6.70. The fraction of sp³-hybridized carbons (Fsp3) is 0.158. The van der Waals surface area contributed by atoms with Crippen LogP contribution in [0.1, 0.15) is 21.7 Å². The smallest absolute Gasteiger partial charge is 0.278 e. The van der Waals surface area contributed by atoms with E-state index in [-0.39, 0.29) is 17.9 Å². The number of hydrogen-bond acceptors (Lipinski definition) is 4. The molecule has 0 saturated heterocycles. The second kappa shape index (κ2) is 8.36. The lowest BCUT2D eigenvalue weighted by Crippen LogP contribution is -2.21. The van der Waals surface area contributed by atoms with Crippen LogP contribution in [0.25, 0.3) is 0 Å². The van der Waals surface area contributed by atoms with Gasteiger partial charge in [0.15, 0.2) is 5.69 Å². The molecule has 1 aromatic heterocycles. The van der Waals surface area contributed by atoms with Crippen LogP contribution < -0.4 is 10.6 Å². The van der Waals surface area contributed by atoms with Gasteiger partial charge in [-0.05, 0) is 43.7 Å². The van der Waals surface area contributed by atoms with Crippen molar-refractivity contribution in [3.05, 3.63) is 70.0 Å². The summed E-state index contributed by atoms with van der Waals surface area (Å²) < 4.78 is 27.8. The van der Waals surface area contributed by atoms with Gasteiger partial charge in [0.2, 0.25) is 5.91 Å². The first kappa shape index (κ1) is 20.4. The number of nitrogens with zero attached hydrogens (tertiary/aromatic N) is 3. The van der Waals surface area contributed by atoms with E-state index in [1.54, 1.807) is 25.1 Å². The summed E-state index contributed by atoms with van der Waals surface area (Å²) in [6.07, 6.45) is 0. The zero-order valence-electron chi connectivity index (χ0n) is 15.5. The Labute approximate surface area is 169 Å². The van der Waals surface area contributed by atoms with Gasteiger partial charge in [0.05, 0.1) is 11.4 Å². The van der Waals surface area contributed by atoms with Gasteiger partial charge in [0, 0.05) is 16.8 Å². The molecule has 7 nitrogen and oxygen atoms in total. The Hall–Kier alpha value is -3.33. The summed E-state index contributed by atoms with van der Waals surface area (Å²) in [5.74, 6) is -2.77.